The van der Waals surface area contributed by atoms with Gasteiger partial charge in [0.2, 0.25) is 0 Å². The molecule has 0 aromatic heterocycles. The van der Waals surface area contributed by atoms with Gasteiger partial charge in [-0.05, 0) is 0 Å². The van der Waals surface area contributed by atoms with E-state index in [4.69, 9.17) is 0 Å². The number of rotatable bonds is 2. The van der Waals surface area contributed by atoms with Gasteiger partial charge in [0.25, 0.3) is 0 Å². The fourth-order valence-corrected chi connectivity index (χ4v) is 1.10. The Morgan fingerprint density at radius 3 is 1.08 bits per heavy atom. The standard InChI is InChI=1S/Ba.Ca.Mg.H4O7P2.Sr/c;;;1-8(2,3)7-9(4,5)6;/h;;;(H2,1,2,3)(H2,4,5,6);/q3*+2;;+2/p-4. The van der Waals surface area contributed by atoms with E-state index in [1.165, 1.54) is 0 Å². The van der Waals surface area contributed by atoms with Gasteiger partial charge in [-0.25, -0.2) is 0 Å². The van der Waals surface area contributed by atoms with Crippen molar-refractivity contribution in [2.24, 2.45) is 0 Å². The summed E-state index contributed by atoms with van der Waals surface area (Å²) in [7, 11) is -11.4. The van der Waals surface area contributed by atoms with E-state index in [-0.39, 0.29) is 155 Å². The Morgan fingerprint density at radius 1 is 0.923 bits per heavy atom. The van der Waals surface area contributed by atoms with Crippen LogP contribution in [0.15, 0.2) is 0 Å². The average Bonchev–Trinajstić information content (AvgIpc) is 1.14. The molecule has 0 aromatic carbocycles. The third kappa shape index (κ3) is 31.7. The van der Waals surface area contributed by atoms with Crippen molar-refractivity contribution in [3.63, 3.8) is 0 Å². The van der Waals surface area contributed by atoms with Crippen LogP contribution in [0.3, 0.4) is 0 Å². The van der Waals surface area contributed by atoms with E-state index >= 15 is 0 Å². The first-order valence-electron chi connectivity index (χ1n) is 1.46. The quantitative estimate of drug-likeness (QED) is 0.296. The van der Waals surface area contributed by atoms with Gasteiger partial charge in [-0.2, -0.15) is 0 Å². The van der Waals surface area contributed by atoms with Crippen LogP contribution in [0.25, 0.3) is 0 Å². The topological polar surface area (TPSA) is 136 Å². The van der Waals surface area contributed by atoms with Gasteiger partial charge >= 0.3 is 155 Å². The van der Waals surface area contributed by atoms with Crippen LogP contribution in [0.2, 0.25) is 0 Å². The molecule has 0 aromatic rings. The summed E-state index contributed by atoms with van der Waals surface area (Å²) in [5.74, 6) is 0. The minimum absolute atomic E-state index is 0. The molecular weight excluding hydrogens is 463 g/mol. The molecule has 0 spiro atoms. The summed E-state index contributed by atoms with van der Waals surface area (Å²) in [6.07, 6.45) is 0. The van der Waals surface area contributed by atoms with Crippen molar-refractivity contribution >= 4 is 171 Å². The molecule has 0 rings (SSSR count). The molecule has 0 aliphatic heterocycles. The molecule has 0 aliphatic rings. The molecule has 13 heavy (non-hydrogen) atoms. The predicted molar refractivity (Wildman–Crippen MR) is 39.3 cm³/mol. The van der Waals surface area contributed by atoms with E-state index in [9.17, 15) is 28.7 Å². The van der Waals surface area contributed by atoms with Gasteiger partial charge in [0.05, 0.1) is 15.6 Å². The van der Waals surface area contributed by atoms with Gasteiger partial charge in [0, 0.05) is 0 Å². The maximum Gasteiger partial charge on any atom is 2.00 e. The van der Waals surface area contributed by atoms with Crippen LogP contribution in [0.4, 0.5) is 0 Å². The minimum atomic E-state index is -5.68. The fourth-order valence-electron chi connectivity index (χ4n) is 0.122. The van der Waals surface area contributed by atoms with E-state index in [2.05, 4.69) is 4.31 Å². The summed E-state index contributed by atoms with van der Waals surface area (Å²) in [6.45, 7) is 0. The van der Waals surface area contributed by atoms with E-state index in [1.54, 1.807) is 0 Å². The zero-order chi connectivity index (χ0) is 7.71. The molecule has 0 saturated carbocycles. The summed E-state index contributed by atoms with van der Waals surface area (Å²) < 4.78 is 21.2. The van der Waals surface area contributed by atoms with Crippen LogP contribution in [-0.4, -0.2) is 155 Å². The van der Waals surface area contributed by atoms with Gasteiger partial charge in [-0.1, -0.05) is 0 Å². The monoisotopic (exact) mass is 464 g/mol. The van der Waals surface area contributed by atoms with Crippen molar-refractivity contribution in [3.05, 3.63) is 0 Å². The van der Waals surface area contributed by atoms with Crippen molar-refractivity contribution < 1.29 is 33.0 Å². The van der Waals surface area contributed by atoms with Gasteiger partial charge in [-0.3, -0.25) is 0 Å². The van der Waals surface area contributed by atoms with Crippen molar-refractivity contribution in [2.45, 2.75) is 0 Å². The minimum Gasteiger partial charge on any atom is -0.790 e. The van der Waals surface area contributed by atoms with Crippen molar-refractivity contribution in [1.29, 1.82) is 0 Å². The molecule has 0 fully saturated rings. The maximum atomic E-state index is 9.32. The van der Waals surface area contributed by atoms with E-state index < -0.39 is 15.6 Å². The van der Waals surface area contributed by atoms with Crippen LogP contribution >= 0.6 is 15.6 Å². The third-order valence-corrected chi connectivity index (χ3v) is 1.80. The fraction of sp³-hybridized carbons (Fsp3) is 0. The Kier molecular flexibility index (Phi) is 32.8. The van der Waals surface area contributed by atoms with Crippen LogP contribution < -0.4 is 19.6 Å². The predicted octanol–water partition coefficient (Wildman–Crippen LogP) is -4.86. The molecule has 0 saturated heterocycles. The molecule has 0 atom stereocenters. The summed E-state index contributed by atoms with van der Waals surface area (Å²) >= 11 is 0. The molecule has 56 valence electrons. The maximum absolute atomic E-state index is 9.32. The van der Waals surface area contributed by atoms with Crippen molar-refractivity contribution in [1.82, 2.24) is 0 Å². The molecular formula is BaCaMgO7P2Sr+4. The largest absolute Gasteiger partial charge is 2.00 e. The van der Waals surface area contributed by atoms with Crippen LogP contribution in [0, 0.1) is 0 Å². The zero-order valence-corrected chi connectivity index (χ0v) is 19.9. The summed E-state index contributed by atoms with van der Waals surface area (Å²) in [5, 5.41) is 0. The third-order valence-electron chi connectivity index (χ3n) is 0.200. The second-order valence-corrected chi connectivity index (χ2v) is 3.42. The van der Waals surface area contributed by atoms with E-state index in [0.717, 1.165) is 0 Å². The molecule has 0 bridgehead atoms. The van der Waals surface area contributed by atoms with E-state index in [1.807, 2.05) is 0 Å². The second kappa shape index (κ2) is 13.8. The Hall–Kier alpha value is 5.34. The van der Waals surface area contributed by atoms with Gasteiger partial charge in [-0.15, -0.1) is 0 Å². The van der Waals surface area contributed by atoms with Gasteiger partial charge < -0.3 is 33.0 Å². The molecule has 0 unspecified atom stereocenters. The first-order valence-corrected chi connectivity index (χ1v) is 4.38. The Bertz CT molecular complexity index is 167. The summed E-state index contributed by atoms with van der Waals surface area (Å²) in [5.41, 5.74) is 0. The molecule has 7 nitrogen and oxygen atoms in total. The molecule has 0 aliphatic carbocycles. The second-order valence-electron chi connectivity index (χ2n) is 0.976. The smallest absolute Gasteiger partial charge is 0.790 e. The zero-order valence-electron chi connectivity index (χ0n) is 6.58. The van der Waals surface area contributed by atoms with Gasteiger partial charge in [0.1, 0.15) is 0 Å². The molecule has 0 N–H and O–H groups in total. The van der Waals surface area contributed by atoms with Crippen LogP contribution in [0.1, 0.15) is 0 Å². The summed E-state index contributed by atoms with van der Waals surface area (Å²) in [6, 6.07) is 0. The molecule has 13 heteroatoms. The first kappa shape index (κ1) is 31.0. The Labute approximate surface area is 198 Å². The first-order chi connectivity index (χ1) is 3.71. The van der Waals surface area contributed by atoms with Crippen LogP contribution in [-0.2, 0) is 13.4 Å². The Balaban J connectivity index is -0.0000000533. The number of hydrogen-bond acceptors (Lipinski definition) is 7. The number of phosphoric acid groups is 2. The van der Waals surface area contributed by atoms with Gasteiger partial charge in [0.15, 0.2) is 0 Å². The van der Waals surface area contributed by atoms with Crippen LogP contribution in [0.5, 0.6) is 0 Å². The van der Waals surface area contributed by atoms with E-state index in [0.29, 0.717) is 0 Å². The Morgan fingerprint density at radius 2 is 1.08 bits per heavy atom. The van der Waals surface area contributed by atoms with Crippen molar-refractivity contribution in [3.8, 4) is 0 Å². The van der Waals surface area contributed by atoms with Crippen molar-refractivity contribution in [2.75, 3.05) is 0 Å². The molecule has 0 radical (unpaired) electrons. The summed E-state index contributed by atoms with van der Waals surface area (Å²) in [4.78, 5) is 37.3. The average molecular weight is 463 g/mol. The molecule has 0 amide bonds. The molecule has 0 heterocycles. The number of hydrogen-bond donors (Lipinski definition) is 0. The normalized spacial score (nSPS) is 9.54. The SMILES string of the molecule is O=P([O-])([O-])OP(=O)([O-])[O-].[Ba+2].[Ca+2].[Mg+2].[Sr+2].